The van der Waals surface area contributed by atoms with Gasteiger partial charge >= 0.3 is 0 Å². The molecule has 168 valence electrons. The first kappa shape index (κ1) is 23.1. The van der Waals surface area contributed by atoms with Gasteiger partial charge in [-0.2, -0.15) is 5.26 Å². The molecule has 1 saturated heterocycles. The lowest BCUT2D eigenvalue weighted by Crippen LogP contribution is -2.37. The number of anilines is 1. The van der Waals surface area contributed by atoms with Crippen molar-refractivity contribution in [3.8, 4) is 6.19 Å². The zero-order chi connectivity index (χ0) is 23.3. The standard InChI is InChI=1S/C22H25N5O4S/c1-15-10-19(20-11-18(16(2)24-14-28)8-9-27(20)13-23)21(22(29)25-15)26-32(30,31)12-17-6-4-3-5-7-17/h3-7,10,14,18,20,26H,2,8-9,11-12H2,1H3,(H,24,28)(H,25,29). The molecule has 2 unspecified atom stereocenters. The number of hydrogen-bond acceptors (Lipinski definition) is 6. The lowest BCUT2D eigenvalue weighted by molar-refractivity contribution is -0.109. The van der Waals surface area contributed by atoms with E-state index < -0.39 is 21.6 Å². The fourth-order valence-corrected chi connectivity index (χ4v) is 5.18. The summed E-state index contributed by atoms with van der Waals surface area (Å²) < 4.78 is 28.1. The lowest BCUT2D eigenvalue weighted by Gasteiger charge is -2.37. The van der Waals surface area contributed by atoms with Gasteiger partial charge in [-0.1, -0.05) is 36.9 Å². The van der Waals surface area contributed by atoms with Gasteiger partial charge in [0.2, 0.25) is 16.4 Å². The monoisotopic (exact) mass is 455 g/mol. The maximum Gasteiger partial charge on any atom is 0.272 e. The first-order valence-corrected chi connectivity index (χ1v) is 11.7. The van der Waals surface area contributed by atoms with E-state index in [1.807, 2.05) is 0 Å². The Balaban J connectivity index is 1.99. The normalized spacial score (nSPS) is 18.4. The number of likely N-dealkylation sites (tertiary alicyclic amines) is 1. The van der Waals surface area contributed by atoms with Gasteiger partial charge < -0.3 is 15.2 Å². The Hall–Kier alpha value is -3.58. The molecule has 10 heteroatoms. The number of carbonyl (C=O) groups excluding carboxylic acids is 1. The van der Waals surface area contributed by atoms with Crippen molar-refractivity contribution in [1.82, 2.24) is 15.2 Å². The number of amides is 1. The van der Waals surface area contributed by atoms with Crippen LogP contribution < -0.4 is 15.6 Å². The molecule has 1 fully saturated rings. The van der Waals surface area contributed by atoms with Gasteiger partial charge in [0, 0.05) is 29.4 Å². The minimum atomic E-state index is -3.89. The predicted octanol–water partition coefficient (Wildman–Crippen LogP) is 2.12. The van der Waals surface area contributed by atoms with Crippen LogP contribution >= 0.6 is 0 Å². The number of aromatic nitrogens is 1. The number of nitriles is 1. The van der Waals surface area contributed by atoms with Crippen molar-refractivity contribution in [3.63, 3.8) is 0 Å². The third-order valence-electron chi connectivity index (χ3n) is 5.48. The van der Waals surface area contributed by atoms with Crippen LogP contribution in [0.1, 0.15) is 35.7 Å². The van der Waals surface area contributed by atoms with E-state index in [9.17, 15) is 23.3 Å². The Bertz CT molecular complexity index is 1200. The molecule has 9 nitrogen and oxygen atoms in total. The molecule has 1 amide bonds. The third-order valence-corrected chi connectivity index (χ3v) is 6.71. The van der Waals surface area contributed by atoms with Crippen molar-refractivity contribution < 1.29 is 13.2 Å². The van der Waals surface area contributed by atoms with Crippen LogP contribution in [0.3, 0.4) is 0 Å². The number of piperidine rings is 1. The number of hydrogen-bond donors (Lipinski definition) is 3. The molecule has 0 bridgehead atoms. The molecule has 0 spiro atoms. The van der Waals surface area contributed by atoms with Gasteiger partial charge in [-0.3, -0.25) is 14.3 Å². The fraction of sp³-hybridized carbons (Fsp3) is 0.318. The smallest absolute Gasteiger partial charge is 0.272 e. The highest BCUT2D eigenvalue weighted by molar-refractivity contribution is 7.91. The average molecular weight is 456 g/mol. The van der Waals surface area contributed by atoms with E-state index in [-0.39, 0.29) is 17.4 Å². The van der Waals surface area contributed by atoms with Gasteiger partial charge in [-0.05, 0) is 31.4 Å². The summed E-state index contributed by atoms with van der Waals surface area (Å²) in [7, 11) is -3.89. The van der Waals surface area contributed by atoms with Crippen LogP contribution in [0.5, 0.6) is 0 Å². The summed E-state index contributed by atoms with van der Waals surface area (Å²) in [5, 5.41) is 12.2. The van der Waals surface area contributed by atoms with Crippen LogP contribution in [0, 0.1) is 24.3 Å². The SMILES string of the molecule is C=C(NC=O)C1CCN(C#N)C(c2cc(C)[nH]c(=O)c2NS(=O)(=O)Cc2ccccc2)C1. The molecule has 0 radical (unpaired) electrons. The first-order chi connectivity index (χ1) is 15.2. The van der Waals surface area contributed by atoms with E-state index in [1.165, 1.54) is 4.90 Å². The summed E-state index contributed by atoms with van der Waals surface area (Å²) in [5.74, 6) is -0.418. The molecular weight excluding hydrogens is 430 g/mol. The number of aromatic amines is 1. The van der Waals surface area contributed by atoms with E-state index in [0.29, 0.717) is 48.3 Å². The predicted molar refractivity (Wildman–Crippen MR) is 121 cm³/mol. The third kappa shape index (κ3) is 5.36. The zero-order valence-corrected chi connectivity index (χ0v) is 18.5. The second kappa shape index (κ2) is 9.70. The summed E-state index contributed by atoms with van der Waals surface area (Å²) in [6.07, 6.45) is 3.68. The molecule has 1 aliphatic rings. The van der Waals surface area contributed by atoms with Crippen LogP contribution in [-0.4, -0.2) is 31.3 Å². The molecule has 2 atom stereocenters. The molecule has 2 heterocycles. The number of benzene rings is 1. The number of rotatable bonds is 8. The van der Waals surface area contributed by atoms with Gasteiger partial charge in [0.25, 0.3) is 5.56 Å². The maximum atomic E-state index is 12.8. The molecule has 0 saturated carbocycles. The maximum absolute atomic E-state index is 12.8. The Kier molecular flexibility index (Phi) is 7.00. The van der Waals surface area contributed by atoms with Crippen LogP contribution in [0.25, 0.3) is 0 Å². The van der Waals surface area contributed by atoms with Crippen LogP contribution in [0.15, 0.2) is 53.5 Å². The number of allylic oxidation sites excluding steroid dienone is 1. The average Bonchev–Trinajstić information content (AvgIpc) is 2.75. The van der Waals surface area contributed by atoms with Crippen molar-refractivity contribution in [2.45, 2.75) is 31.6 Å². The van der Waals surface area contributed by atoms with Gasteiger partial charge in [0.15, 0.2) is 6.19 Å². The minimum absolute atomic E-state index is 0.105. The number of carbonyl (C=O) groups is 1. The summed E-state index contributed by atoms with van der Waals surface area (Å²) in [4.78, 5) is 27.8. The number of nitrogens with one attached hydrogen (secondary N) is 3. The Morgan fingerprint density at radius 2 is 2.09 bits per heavy atom. The van der Waals surface area contributed by atoms with Crippen molar-refractivity contribution in [3.05, 3.63) is 75.8 Å². The van der Waals surface area contributed by atoms with Gasteiger partial charge in [-0.25, -0.2) is 8.42 Å². The highest BCUT2D eigenvalue weighted by Crippen LogP contribution is 2.38. The van der Waals surface area contributed by atoms with Gasteiger partial charge in [-0.15, -0.1) is 0 Å². The molecule has 1 aliphatic heterocycles. The Morgan fingerprint density at radius 1 is 1.38 bits per heavy atom. The first-order valence-electron chi connectivity index (χ1n) is 10.1. The summed E-state index contributed by atoms with van der Waals surface area (Å²) in [5.41, 5.74) is 1.37. The minimum Gasteiger partial charge on any atom is -0.333 e. The molecule has 3 N–H and O–H groups in total. The molecule has 32 heavy (non-hydrogen) atoms. The second-order valence-electron chi connectivity index (χ2n) is 7.78. The molecule has 0 aliphatic carbocycles. The summed E-state index contributed by atoms with van der Waals surface area (Å²) >= 11 is 0. The van der Waals surface area contributed by atoms with Crippen molar-refractivity contribution >= 4 is 22.1 Å². The second-order valence-corrected chi connectivity index (χ2v) is 9.50. The van der Waals surface area contributed by atoms with Crippen LogP contribution in [-0.2, 0) is 20.6 Å². The Morgan fingerprint density at radius 3 is 2.75 bits per heavy atom. The van der Waals surface area contributed by atoms with Gasteiger partial charge in [0.05, 0.1) is 11.8 Å². The Labute approximate surface area is 186 Å². The molecular formula is C22H25N5O4S. The van der Waals surface area contributed by atoms with Crippen LogP contribution in [0.2, 0.25) is 0 Å². The zero-order valence-electron chi connectivity index (χ0n) is 17.7. The molecule has 1 aromatic heterocycles. The van der Waals surface area contributed by atoms with E-state index in [2.05, 4.69) is 27.8 Å². The highest BCUT2D eigenvalue weighted by atomic mass is 32.2. The molecule has 2 aromatic rings. The molecule has 3 rings (SSSR count). The number of aryl methyl sites for hydroxylation is 1. The highest BCUT2D eigenvalue weighted by Gasteiger charge is 2.33. The summed E-state index contributed by atoms with van der Waals surface area (Å²) in [6.45, 7) is 5.96. The van der Waals surface area contributed by atoms with Crippen molar-refractivity contribution in [1.29, 1.82) is 5.26 Å². The quantitative estimate of drug-likeness (QED) is 0.412. The summed E-state index contributed by atoms with van der Waals surface area (Å²) in [6, 6.07) is 9.76. The number of H-pyrrole nitrogens is 1. The number of pyridine rings is 1. The number of sulfonamides is 1. The van der Waals surface area contributed by atoms with Crippen molar-refractivity contribution in [2.75, 3.05) is 11.3 Å². The largest absolute Gasteiger partial charge is 0.333 e. The van der Waals surface area contributed by atoms with Crippen LogP contribution in [0.4, 0.5) is 5.69 Å². The van der Waals surface area contributed by atoms with Crippen molar-refractivity contribution in [2.24, 2.45) is 5.92 Å². The lowest BCUT2D eigenvalue weighted by atomic mass is 9.85. The van der Waals surface area contributed by atoms with E-state index in [0.717, 1.165) is 0 Å². The molecule has 1 aromatic carbocycles. The van der Waals surface area contributed by atoms with E-state index >= 15 is 0 Å². The van der Waals surface area contributed by atoms with E-state index in [4.69, 9.17) is 0 Å². The number of nitrogens with zero attached hydrogens (tertiary/aromatic N) is 2. The fourth-order valence-electron chi connectivity index (χ4n) is 3.96. The topological polar surface area (TPSA) is 135 Å². The van der Waals surface area contributed by atoms with Gasteiger partial charge in [0.1, 0.15) is 5.69 Å². The van der Waals surface area contributed by atoms with E-state index in [1.54, 1.807) is 43.3 Å².